The summed E-state index contributed by atoms with van der Waals surface area (Å²) < 4.78 is 0. The lowest BCUT2D eigenvalue weighted by atomic mass is 10.2. The van der Waals surface area contributed by atoms with Crippen LogP contribution in [0.15, 0.2) is 36.5 Å². The third-order valence-electron chi connectivity index (χ3n) is 2.44. The van der Waals surface area contributed by atoms with Gasteiger partial charge in [-0.1, -0.05) is 30.3 Å². The lowest BCUT2D eigenvalue weighted by Crippen LogP contribution is -2.29. The molecule has 2 rings (SSSR count). The van der Waals surface area contributed by atoms with Gasteiger partial charge < -0.3 is 16.4 Å². The second-order valence-corrected chi connectivity index (χ2v) is 4.22. The molecule has 0 radical (unpaired) electrons. The van der Waals surface area contributed by atoms with E-state index in [1.807, 2.05) is 30.3 Å². The number of carbonyl (C=O) groups is 1. The quantitative estimate of drug-likeness (QED) is 0.624. The lowest BCUT2D eigenvalue weighted by Gasteiger charge is -2.09. The molecule has 19 heavy (non-hydrogen) atoms. The number of nitrogens with one attached hydrogen (secondary N) is 3. The maximum atomic E-state index is 11.1. The summed E-state index contributed by atoms with van der Waals surface area (Å²) in [5, 5.41) is 12.6. The number of anilines is 1. The fourth-order valence-corrected chi connectivity index (χ4v) is 1.68. The Labute approximate surface area is 115 Å². The fourth-order valence-electron chi connectivity index (χ4n) is 1.50. The van der Waals surface area contributed by atoms with E-state index in [0.29, 0.717) is 17.5 Å². The van der Waals surface area contributed by atoms with Gasteiger partial charge in [-0.25, -0.2) is 0 Å². The standard InChI is InChI=1S/C12H13N5OS/c13-10(18)9-7-15-17-11(9)16-12(19)14-6-8-4-2-1-3-5-8/h1-5,7H,6H2,(H2,13,18)(H3,14,15,16,17,19). The minimum absolute atomic E-state index is 0.267. The van der Waals surface area contributed by atoms with E-state index in [9.17, 15) is 4.79 Å². The van der Waals surface area contributed by atoms with Gasteiger partial charge in [-0.05, 0) is 17.8 Å². The minimum Gasteiger partial charge on any atom is -0.365 e. The highest BCUT2D eigenvalue weighted by Crippen LogP contribution is 2.09. The highest BCUT2D eigenvalue weighted by atomic mass is 32.1. The van der Waals surface area contributed by atoms with Crippen molar-refractivity contribution in [1.82, 2.24) is 15.5 Å². The SMILES string of the molecule is NC(=O)c1cn[nH]c1NC(=S)NCc1ccccc1. The average Bonchev–Trinajstić information content (AvgIpc) is 2.86. The Morgan fingerprint density at radius 1 is 1.37 bits per heavy atom. The Morgan fingerprint density at radius 3 is 2.79 bits per heavy atom. The molecule has 7 heteroatoms. The highest BCUT2D eigenvalue weighted by Gasteiger charge is 2.11. The van der Waals surface area contributed by atoms with Gasteiger partial charge in [0, 0.05) is 6.54 Å². The molecule has 0 saturated carbocycles. The van der Waals surface area contributed by atoms with Gasteiger partial charge in [0.15, 0.2) is 5.11 Å². The van der Waals surface area contributed by atoms with Gasteiger partial charge in [0.05, 0.1) is 6.20 Å². The van der Waals surface area contributed by atoms with Crippen LogP contribution in [0.2, 0.25) is 0 Å². The Morgan fingerprint density at radius 2 is 2.11 bits per heavy atom. The van der Waals surface area contributed by atoms with Gasteiger partial charge in [0.1, 0.15) is 11.4 Å². The molecule has 1 aromatic carbocycles. The van der Waals surface area contributed by atoms with E-state index in [1.54, 1.807) is 0 Å². The van der Waals surface area contributed by atoms with Crippen molar-refractivity contribution in [3.8, 4) is 0 Å². The fraction of sp³-hybridized carbons (Fsp3) is 0.0833. The van der Waals surface area contributed by atoms with Crippen LogP contribution >= 0.6 is 12.2 Å². The van der Waals surface area contributed by atoms with Gasteiger partial charge in [0.25, 0.3) is 5.91 Å². The number of thiocarbonyl (C=S) groups is 1. The first-order valence-corrected chi connectivity index (χ1v) is 5.99. The van der Waals surface area contributed by atoms with Gasteiger partial charge in [-0.15, -0.1) is 0 Å². The van der Waals surface area contributed by atoms with E-state index >= 15 is 0 Å². The molecule has 1 aromatic heterocycles. The molecular formula is C12H13N5OS. The molecule has 6 nitrogen and oxygen atoms in total. The van der Waals surface area contributed by atoms with Crippen LogP contribution < -0.4 is 16.4 Å². The van der Waals surface area contributed by atoms with E-state index in [0.717, 1.165) is 5.56 Å². The summed E-state index contributed by atoms with van der Waals surface area (Å²) in [6, 6.07) is 9.83. The number of nitrogens with zero attached hydrogens (tertiary/aromatic N) is 1. The van der Waals surface area contributed by atoms with Crippen LogP contribution in [0.3, 0.4) is 0 Å². The second-order valence-electron chi connectivity index (χ2n) is 3.82. The minimum atomic E-state index is -0.567. The number of rotatable bonds is 4. The molecule has 0 fully saturated rings. The molecule has 0 unspecified atom stereocenters. The molecule has 2 aromatic rings. The highest BCUT2D eigenvalue weighted by molar-refractivity contribution is 7.80. The summed E-state index contributed by atoms with van der Waals surface area (Å²) in [7, 11) is 0. The zero-order chi connectivity index (χ0) is 13.7. The van der Waals surface area contributed by atoms with Crippen LogP contribution in [0.1, 0.15) is 15.9 Å². The number of nitrogens with two attached hydrogens (primary N) is 1. The summed E-state index contributed by atoms with van der Waals surface area (Å²) in [5.41, 5.74) is 6.57. The van der Waals surface area contributed by atoms with E-state index in [1.165, 1.54) is 6.20 Å². The lowest BCUT2D eigenvalue weighted by molar-refractivity contribution is 0.100. The van der Waals surface area contributed by atoms with Crippen molar-refractivity contribution in [3.05, 3.63) is 47.7 Å². The molecule has 0 aliphatic heterocycles. The third kappa shape index (κ3) is 3.52. The van der Waals surface area contributed by atoms with Crippen LogP contribution in [0.5, 0.6) is 0 Å². The number of hydrogen-bond donors (Lipinski definition) is 4. The Balaban J connectivity index is 1.91. The summed E-state index contributed by atoms with van der Waals surface area (Å²) in [6.07, 6.45) is 1.35. The third-order valence-corrected chi connectivity index (χ3v) is 2.69. The smallest absolute Gasteiger partial charge is 0.254 e. The van der Waals surface area contributed by atoms with Crippen LogP contribution in [0.25, 0.3) is 0 Å². The Bertz CT molecular complexity index is 581. The molecule has 0 atom stereocenters. The number of carbonyl (C=O) groups excluding carboxylic acids is 1. The van der Waals surface area contributed by atoms with Crippen molar-refractivity contribution in [2.24, 2.45) is 5.73 Å². The molecule has 0 saturated heterocycles. The number of hydrogen-bond acceptors (Lipinski definition) is 3. The normalized spacial score (nSPS) is 9.89. The van der Waals surface area contributed by atoms with Crippen molar-refractivity contribution in [2.75, 3.05) is 5.32 Å². The number of aromatic nitrogens is 2. The number of amides is 1. The summed E-state index contributed by atoms with van der Waals surface area (Å²) in [4.78, 5) is 11.1. The summed E-state index contributed by atoms with van der Waals surface area (Å²) >= 11 is 5.13. The van der Waals surface area contributed by atoms with Crippen molar-refractivity contribution < 1.29 is 4.79 Å². The molecule has 0 bridgehead atoms. The topological polar surface area (TPSA) is 95.8 Å². The second kappa shape index (κ2) is 5.96. The van der Waals surface area contributed by atoms with Crippen molar-refractivity contribution in [2.45, 2.75) is 6.54 Å². The Hall–Kier alpha value is -2.41. The maximum Gasteiger partial charge on any atom is 0.254 e. The van der Waals surface area contributed by atoms with Crippen molar-refractivity contribution in [1.29, 1.82) is 0 Å². The van der Waals surface area contributed by atoms with Gasteiger partial charge in [-0.3, -0.25) is 9.89 Å². The molecule has 5 N–H and O–H groups in total. The van der Waals surface area contributed by atoms with E-state index in [4.69, 9.17) is 18.0 Å². The largest absolute Gasteiger partial charge is 0.365 e. The predicted octanol–water partition coefficient (Wildman–Crippen LogP) is 0.995. The van der Waals surface area contributed by atoms with E-state index < -0.39 is 5.91 Å². The first-order chi connectivity index (χ1) is 9.16. The molecule has 1 heterocycles. The summed E-state index contributed by atoms with van der Waals surface area (Å²) in [5.74, 6) is -0.180. The molecule has 0 aliphatic rings. The first kappa shape index (κ1) is 13.0. The Kier molecular flexibility index (Phi) is 4.09. The average molecular weight is 275 g/mol. The molecule has 0 aliphatic carbocycles. The number of benzene rings is 1. The molecule has 0 spiro atoms. The van der Waals surface area contributed by atoms with Crippen LogP contribution in [0, 0.1) is 0 Å². The first-order valence-electron chi connectivity index (χ1n) is 5.59. The zero-order valence-electron chi connectivity index (χ0n) is 10.0. The van der Waals surface area contributed by atoms with Crippen LogP contribution in [-0.2, 0) is 6.54 Å². The predicted molar refractivity (Wildman–Crippen MR) is 76.6 cm³/mol. The van der Waals surface area contributed by atoms with E-state index in [2.05, 4.69) is 20.8 Å². The molecular weight excluding hydrogens is 262 g/mol. The number of aromatic amines is 1. The molecule has 1 amide bonds. The maximum absolute atomic E-state index is 11.1. The summed E-state index contributed by atoms with van der Waals surface area (Å²) in [6.45, 7) is 0.590. The van der Waals surface area contributed by atoms with E-state index in [-0.39, 0.29) is 5.56 Å². The van der Waals surface area contributed by atoms with Crippen molar-refractivity contribution >= 4 is 29.1 Å². The van der Waals surface area contributed by atoms with Crippen LogP contribution in [-0.4, -0.2) is 21.2 Å². The number of primary amides is 1. The van der Waals surface area contributed by atoms with Gasteiger partial charge in [-0.2, -0.15) is 5.10 Å². The van der Waals surface area contributed by atoms with Gasteiger partial charge in [0.2, 0.25) is 0 Å². The van der Waals surface area contributed by atoms with Gasteiger partial charge >= 0.3 is 0 Å². The van der Waals surface area contributed by atoms with Crippen molar-refractivity contribution in [3.63, 3.8) is 0 Å². The zero-order valence-corrected chi connectivity index (χ0v) is 10.8. The number of H-pyrrole nitrogens is 1. The van der Waals surface area contributed by atoms with Crippen LogP contribution in [0.4, 0.5) is 5.82 Å². The monoisotopic (exact) mass is 275 g/mol. The molecule has 98 valence electrons.